The van der Waals surface area contributed by atoms with E-state index in [0.29, 0.717) is 22.4 Å². The molecule has 0 saturated carbocycles. The van der Waals surface area contributed by atoms with Crippen molar-refractivity contribution in [3.8, 4) is 23.1 Å². The minimum absolute atomic E-state index is 0.120. The third-order valence-corrected chi connectivity index (χ3v) is 6.38. The van der Waals surface area contributed by atoms with Gasteiger partial charge in [0, 0.05) is 16.9 Å². The summed E-state index contributed by atoms with van der Waals surface area (Å²) < 4.78 is 1.90. The summed E-state index contributed by atoms with van der Waals surface area (Å²) in [5, 5.41) is 20.3. The van der Waals surface area contributed by atoms with E-state index in [0.717, 1.165) is 28.9 Å². The van der Waals surface area contributed by atoms with Crippen LogP contribution in [0.4, 0.5) is 5.82 Å². The molecule has 2 aromatic carbocycles. The van der Waals surface area contributed by atoms with E-state index < -0.39 is 0 Å². The molecule has 0 aliphatic carbocycles. The first-order valence-electron chi connectivity index (χ1n) is 10.6. The Balaban J connectivity index is 1.48. The maximum atomic E-state index is 12.8. The first-order chi connectivity index (χ1) is 16.0. The van der Waals surface area contributed by atoms with Crippen molar-refractivity contribution in [3.63, 3.8) is 0 Å². The number of aromatic amines is 1. The fourth-order valence-electron chi connectivity index (χ4n) is 3.60. The lowest BCUT2D eigenvalue weighted by Gasteiger charge is -2.12. The van der Waals surface area contributed by atoms with Gasteiger partial charge >= 0.3 is 0 Å². The normalized spacial score (nSPS) is 10.7. The number of nitriles is 1. The number of hydrogen-bond acceptors (Lipinski definition) is 5. The lowest BCUT2D eigenvalue weighted by Crippen LogP contribution is -2.17. The van der Waals surface area contributed by atoms with Crippen molar-refractivity contribution in [2.24, 2.45) is 0 Å². The maximum absolute atomic E-state index is 12.8. The monoisotopic (exact) mass is 456 g/mol. The minimum atomic E-state index is -0.232. The quantitative estimate of drug-likeness (QED) is 0.379. The van der Waals surface area contributed by atoms with E-state index in [9.17, 15) is 10.1 Å². The summed E-state index contributed by atoms with van der Waals surface area (Å²) in [5.41, 5.74) is 5.30. The second kappa shape index (κ2) is 9.76. The van der Waals surface area contributed by atoms with Crippen molar-refractivity contribution in [2.75, 3.05) is 11.1 Å². The van der Waals surface area contributed by atoms with Crippen LogP contribution in [-0.2, 0) is 11.2 Å². The summed E-state index contributed by atoms with van der Waals surface area (Å²) in [4.78, 5) is 17.3. The molecule has 0 atom stereocenters. The molecular formula is C25H24N6OS. The van der Waals surface area contributed by atoms with Crippen molar-refractivity contribution in [3.05, 3.63) is 77.0 Å². The van der Waals surface area contributed by atoms with E-state index >= 15 is 0 Å². The molecule has 0 spiro atoms. The Kier molecular flexibility index (Phi) is 6.61. The van der Waals surface area contributed by atoms with E-state index in [-0.39, 0.29) is 11.7 Å². The van der Waals surface area contributed by atoms with Gasteiger partial charge in [0.05, 0.1) is 11.3 Å². The molecule has 166 valence electrons. The molecule has 0 aliphatic rings. The second-order valence-corrected chi connectivity index (χ2v) is 8.51. The van der Waals surface area contributed by atoms with Crippen molar-refractivity contribution >= 4 is 23.5 Å². The number of aryl methyl sites for hydroxylation is 1. The molecule has 1 amide bonds. The number of carbonyl (C=O) groups excluding carboxylic acids is 1. The van der Waals surface area contributed by atoms with Gasteiger partial charge in [0.1, 0.15) is 11.9 Å². The van der Waals surface area contributed by atoms with E-state index in [1.807, 2.05) is 60.9 Å². The van der Waals surface area contributed by atoms with Gasteiger partial charge in [0.2, 0.25) is 11.1 Å². The summed E-state index contributed by atoms with van der Waals surface area (Å²) in [5.74, 6) is 1.03. The molecule has 2 aromatic heterocycles. The number of thioether (sulfide) groups is 1. The average molecular weight is 457 g/mol. The third-order valence-electron chi connectivity index (χ3n) is 5.53. The number of rotatable bonds is 7. The number of hydrogen-bond donors (Lipinski definition) is 2. The van der Waals surface area contributed by atoms with Gasteiger partial charge in [-0.1, -0.05) is 61.2 Å². The van der Waals surface area contributed by atoms with Gasteiger partial charge in [0.15, 0.2) is 5.82 Å². The predicted molar refractivity (Wildman–Crippen MR) is 131 cm³/mol. The molecule has 0 aliphatic heterocycles. The number of nitrogens with one attached hydrogen (secondary N) is 2. The van der Waals surface area contributed by atoms with E-state index in [2.05, 4.69) is 45.6 Å². The highest BCUT2D eigenvalue weighted by atomic mass is 32.2. The molecule has 7 nitrogen and oxygen atoms in total. The second-order valence-electron chi connectivity index (χ2n) is 7.57. The molecule has 0 bridgehead atoms. The van der Waals surface area contributed by atoms with E-state index in [1.54, 1.807) is 0 Å². The van der Waals surface area contributed by atoms with Crippen LogP contribution in [0.15, 0.2) is 59.8 Å². The lowest BCUT2D eigenvalue weighted by atomic mass is 10.1. The summed E-state index contributed by atoms with van der Waals surface area (Å²) in [6.45, 7) is 5.94. The van der Waals surface area contributed by atoms with Crippen LogP contribution in [0.2, 0.25) is 0 Å². The Morgan fingerprint density at radius 2 is 1.88 bits per heavy atom. The third kappa shape index (κ3) is 4.69. The van der Waals surface area contributed by atoms with Crippen LogP contribution in [0.1, 0.15) is 29.3 Å². The van der Waals surface area contributed by atoms with Gasteiger partial charge in [-0.25, -0.2) is 4.98 Å². The molecule has 0 unspecified atom stereocenters. The molecule has 0 saturated heterocycles. The highest BCUT2D eigenvalue weighted by Gasteiger charge is 2.21. The van der Waals surface area contributed by atoms with Crippen LogP contribution in [0.5, 0.6) is 0 Å². The van der Waals surface area contributed by atoms with Crippen molar-refractivity contribution in [1.29, 1.82) is 5.26 Å². The Morgan fingerprint density at radius 1 is 1.15 bits per heavy atom. The number of carbonyl (C=O) groups is 1. The van der Waals surface area contributed by atoms with Gasteiger partial charge in [0.25, 0.3) is 0 Å². The summed E-state index contributed by atoms with van der Waals surface area (Å²) in [6.07, 6.45) is 0.979. The van der Waals surface area contributed by atoms with Crippen molar-refractivity contribution < 1.29 is 4.79 Å². The fraction of sp³-hybridized carbons (Fsp3) is 0.200. The fourth-order valence-corrected chi connectivity index (χ4v) is 4.20. The Morgan fingerprint density at radius 3 is 2.55 bits per heavy atom. The number of anilines is 1. The first kappa shape index (κ1) is 22.4. The van der Waals surface area contributed by atoms with Gasteiger partial charge in [-0.3, -0.25) is 14.5 Å². The highest BCUT2D eigenvalue weighted by molar-refractivity contribution is 7.99. The van der Waals surface area contributed by atoms with Crippen LogP contribution in [0.3, 0.4) is 0 Å². The number of para-hydroxylation sites is 1. The highest BCUT2D eigenvalue weighted by Crippen LogP contribution is 2.30. The molecule has 8 heteroatoms. The van der Waals surface area contributed by atoms with Crippen LogP contribution in [-0.4, -0.2) is 31.4 Å². The van der Waals surface area contributed by atoms with Crippen LogP contribution >= 0.6 is 11.8 Å². The molecule has 4 aromatic rings. The SMILES string of the molecule is CCc1ccc(-c2nc(SCC(=O)Nc3c(C#N)c(C)c(C)n3-c3ccccc3)n[nH]2)cc1. The smallest absolute Gasteiger partial charge is 0.236 e. The number of aromatic nitrogens is 4. The topological polar surface area (TPSA) is 99.4 Å². The first-order valence-corrected chi connectivity index (χ1v) is 11.6. The zero-order valence-corrected chi connectivity index (χ0v) is 19.5. The largest absolute Gasteiger partial charge is 0.310 e. The predicted octanol–water partition coefficient (Wildman–Crippen LogP) is 5.04. The van der Waals surface area contributed by atoms with Crippen molar-refractivity contribution in [1.82, 2.24) is 19.7 Å². The number of amides is 1. The summed E-state index contributed by atoms with van der Waals surface area (Å²) in [7, 11) is 0. The van der Waals surface area contributed by atoms with Crippen molar-refractivity contribution in [2.45, 2.75) is 32.3 Å². The molecule has 2 heterocycles. The van der Waals surface area contributed by atoms with Crippen LogP contribution < -0.4 is 5.32 Å². The Labute approximate surface area is 196 Å². The van der Waals surface area contributed by atoms with E-state index in [4.69, 9.17) is 0 Å². The van der Waals surface area contributed by atoms with Crippen LogP contribution in [0.25, 0.3) is 17.1 Å². The molecule has 2 N–H and O–H groups in total. The number of H-pyrrole nitrogens is 1. The molecule has 4 rings (SSSR count). The standard InChI is InChI=1S/C25H24N6OS/c1-4-18-10-12-19(13-11-18)23-28-25(30-29-23)33-15-22(32)27-24-21(14-26)16(2)17(3)31(24)20-8-6-5-7-9-20/h5-13H,4,15H2,1-3H3,(H,27,32)(H,28,29,30). The molecule has 0 radical (unpaired) electrons. The number of benzene rings is 2. The zero-order chi connectivity index (χ0) is 23.4. The summed E-state index contributed by atoms with van der Waals surface area (Å²) in [6, 6.07) is 20.0. The molecule has 33 heavy (non-hydrogen) atoms. The Hall–Kier alpha value is -3.83. The molecule has 0 fully saturated rings. The minimum Gasteiger partial charge on any atom is -0.310 e. The van der Waals surface area contributed by atoms with Gasteiger partial charge in [-0.2, -0.15) is 5.26 Å². The van der Waals surface area contributed by atoms with Gasteiger partial charge in [-0.15, -0.1) is 5.10 Å². The lowest BCUT2D eigenvalue weighted by molar-refractivity contribution is -0.113. The van der Waals surface area contributed by atoms with Gasteiger partial charge in [-0.05, 0) is 43.5 Å². The van der Waals surface area contributed by atoms with Crippen LogP contribution in [0, 0.1) is 25.2 Å². The number of nitrogens with zero attached hydrogens (tertiary/aromatic N) is 4. The summed E-state index contributed by atoms with van der Waals surface area (Å²) >= 11 is 1.24. The van der Waals surface area contributed by atoms with E-state index in [1.165, 1.54) is 17.3 Å². The van der Waals surface area contributed by atoms with Gasteiger partial charge < -0.3 is 5.32 Å². The maximum Gasteiger partial charge on any atom is 0.236 e. The zero-order valence-electron chi connectivity index (χ0n) is 18.7. The molecular weight excluding hydrogens is 432 g/mol. The Bertz CT molecular complexity index is 1320. The average Bonchev–Trinajstić information content (AvgIpc) is 3.41.